The summed E-state index contributed by atoms with van der Waals surface area (Å²) < 4.78 is 5.16. The van der Waals surface area contributed by atoms with E-state index in [1.54, 1.807) is 36.3 Å². The molecule has 3 rings (SSSR count). The Labute approximate surface area is 159 Å². The van der Waals surface area contributed by atoms with E-state index in [4.69, 9.17) is 4.74 Å². The monoisotopic (exact) mass is 367 g/mol. The highest BCUT2D eigenvalue weighted by Crippen LogP contribution is 2.28. The Bertz CT molecular complexity index is 835. The molecule has 1 heterocycles. The molecule has 0 fully saturated rings. The summed E-state index contributed by atoms with van der Waals surface area (Å²) in [4.78, 5) is 27.3. The Balaban J connectivity index is 1.70. The zero-order valence-electron chi connectivity index (χ0n) is 15.9. The minimum atomic E-state index is -0.609. The molecule has 3 amide bonds. The molecule has 27 heavy (non-hydrogen) atoms. The molecule has 0 aliphatic carbocycles. The third kappa shape index (κ3) is 4.22. The van der Waals surface area contributed by atoms with Crippen LogP contribution in [-0.4, -0.2) is 31.6 Å². The van der Waals surface area contributed by atoms with Crippen molar-refractivity contribution in [3.63, 3.8) is 0 Å². The zero-order valence-corrected chi connectivity index (χ0v) is 15.9. The first kappa shape index (κ1) is 18.8. The van der Waals surface area contributed by atoms with Crippen LogP contribution < -0.4 is 20.3 Å². The summed E-state index contributed by atoms with van der Waals surface area (Å²) >= 11 is 0. The second-order valence-electron chi connectivity index (χ2n) is 6.92. The maximum absolute atomic E-state index is 13.1. The predicted octanol–water partition coefficient (Wildman–Crippen LogP) is 3.43. The molecular formula is C21H25N3O3. The molecule has 1 atom stereocenters. The predicted molar refractivity (Wildman–Crippen MR) is 106 cm³/mol. The highest BCUT2D eigenvalue weighted by molar-refractivity contribution is 6.02. The van der Waals surface area contributed by atoms with Crippen molar-refractivity contribution in [1.29, 1.82) is 0 Å². The Hall–Kier alpha value is -3.02. The first-order chi connectivity index (χ1) is 13.0. The largest absolute Gasteiger partial charge is 0.497 e. The third-order valence-corrected chi connectivity index (χ3v) is 4.70. The van der Waals surface area contributed by atoms with Gasteiger partial charge in [0.1, 0.15) is 11.8 Å². The van der Waals surface area contributed by atoms with Crippen molar-refractivity contribution in [3.8, 4) is 5.75 Å². The quantitative estimate of drug-likeness (QED) is 0.851. The van der Waals surface area contributed by atoms with Crippen LogP contribution in [0.3, 0.4) is 0 Å². The SMILES string of the molecule is COc1cccc(NC(=O)N[C@H](C(=O)N2CCc3ccccc32)C(C)C)c1. The summed E-state index contributed by atoms with van der Waals surface area (Å²) in [5.41, 5.74) is 2.70. The first-order valence-electron chi connectivity index (χ1n) is 9.10. The lowest BCUT2D eigenvalue weighted by molar-refractivity contribution is -0.121. The molecule has 0 radical (unpaired) electrons. The molecule has 0 bridgehead atoms. The van der Waals surface area contributed by atoms with Crippen LogP contribution in [0.25, 0.3) is 0 Å². The normalized spacial score (nSPS) is 13.9. The Morgan fingerprint density at radius 3 is 2.63 bits per heavy atom. The third-order valence-electron chi connectivity index (χ3n) is 4.70. The molecule has 2 aromatic rings. The van der Waals surface area contributed by atoms with Crippen molar-refractivity contribution in [1.82, 2.24) is 5.32 Å². The van der Waals surface area contributed by atoms with Crippen LogP contribution in [0.5, 0.6) is 5.75 Å². The number of benzene rings is 2. The molecule has 0 spiro atoms. The van der Waals surface area contributed by atoms with Crippen LogP contribution in [0, 0.1) is 5.92 Å². The van der Waals surface area contributed by atoms with Gasteiger partial charge in [0.2, 0.25) is 5.91 Å². The molecule has 1 aliphatic rings. The number of hydrogen-bond acceptors (Lipinski definition) is 3. The number of nitrogens with one attached hydrogen (secondary N) is 2. The molecule has 1 aliphatic heterocycles. The molecular weight excluding hydrogens is 342 g/mol. The molecule has 2 aromatic carbocycles. The second-order valence-corrected chi connectivity index (χ2v) is 6.92. The number of amides is 3. The number of ether oxygens (including phenoxy) is 1. The number of anilines is 2. The van der Waals surface area contributed by atoms with Gasteiger partial charge in [-0.1, -0.05) is 38.1 Å². The van der Waals surface area contributed by atoms with E-state index in [1.165, 1.54) is 0 Å². The minimum absolute atomic E-state index is 0.0404. The molecule has 0 aromatic heterocycles. The molecule has 0 unspecified atom stereocenters. The van der Waals surface area contributed by atoms with Gasteiger partial charge in [0.25, 0.3) is 0 Å². The van der Waals surface area contributed by atoms with Crippen LogP contribution >= 0.6 is 0 Å². The smallest absolute Gasteiger partial charge is 0.319 e. The number of carbonyl (C=O) groups excluding carboxylic acids is 2. The minimum Gasteiger partial charge on any atom is -0.497 e. The van der Waals surface area contributed by atoms with Crippen molar-refractivity contribution < 1.29 is 14.3 Å². The topological polar surface area (TPSA) is 70.7 Å². The number of nitrogens with zero attached hydrogens (tertiary/aromatic N) is 1. The number of para-hydroxylation sites is 1. The van der Waals surface area contributed by atoms with Gasteiger partial charge < -0.3 is 20.3 Å². The van der Waals surface area contributed by atoms with E-state index < -0.39 is 12.1 Å². The fourth-order valence-corrected chi connectivity index (χ4v) is 3.26. The van der Waals surface area contributed by atoms with E-state index in [1.807, 2.05) is 38.1 Å². The summed E-state index contributed by atoms with van der Waals surface area (Å²) in [5.74, 6) is 0.523. The lowest BCUT2D eigenvalue weighted by Gasteiger charge is -2.27. The van der Waals surface area contributed by atoms with Gasteiger partial charge in [0.05, 0.1) is 7.11 Å². The van der Waals surface area contributed by atoms with Gasteiger partial charge in [-0.15, -0.1) is 0 Å². The lowest BCUT2D eigenvalue weighted by atomic mass is 10.0. The van der Waals surface area contributed by atoms with E-state index in [0.29, 0.717) is 18.0 Å². The van der Waals surface area contributed by atoms with Gasteiger partial charge in [-0.05, 0) is 36.1 Å². The van der Waals surface area contributed by atoms with E-state index in [9.17, 15) is 9.59 Å². The van der Waals surface area contributed by atoms with Crippen molar-refractivity contribution in [2.24, 2.45) is 5.92 Å². The molecule has 142 valence electrons. The number of hydrogen-bond donors (Lipinski definition) is 2. The molecule has 6 nitrogen and oxygen atoms in total. The standard InChI is InChI=1S/C21H25N3O3/c1-14(2)19(20(25)24-12-11-15-7-4-5-10-18(15)24)23-21(26)22-16-8-6-9-17(13-16)27-3/h4-10,13-14,19H,11-12H2,1-3H3,(H2,22,23,26)/t19-/m0/s1. The van der Waals surface area contributed by atoms with Gasteiger partial charge in [-0.3, -0.25) is 4.79 Å². The zero-order chi connectivity index (χ0) is 19.4. The number of methoxy groups -OCH3 is 1. The number of fused-ring (bicyclic) bond motifs is 1. The lowest BCUT2D eigenvalue weighted by Crippen LogP contribution is -2.52. The molecule has 0 saturated heterocycles. The first-order valence-corrected chi connectivity index (χ1v) is 9.10. The Morgan fingerprint density at radius 2 is 1.89 bits per heavy atom. The maximum atomic E-state index is 13.1. The van der Waals surface area contributed by atoms with Gasteiger partial charge in [0, 0.05) is 24.0 Å². The summed E-state index contributed by atoms with van der Waals surface area (Å²) in [6, 6.07) is 14.0. The van der Waals surface area contributed by atoms with Crippen molar-refractivity contribution in [2.45, 2.75) is 26.3 Å². The molecule has 0 saturated carbocycles. The van der Waals surface area contributed by atoms with Crippen LogP contribution in [-0.2, 0) is 11.2 Å². The average Bonchev–Trinajstić information content (AvgIpc) is 3.09. The molecule has 2 N–H and O–H groups in total. The fourth-order valence-electron chi connectivity index (χ4n) is 3.26. The number of carbonyl (C=O) groups is 2. The van der Waals surface area contributed by atoms with Gasteiger partial charge >= 0.3 is 6.03 Å². The van der Waals surface area contributed by atoms with Crippen LogP contribution in [0.2, 0.25) is 0 Å². The van der Waals surface area contributed by atoms with Gasteiger partial charge in [-0.2, -0.15) is 0 Å². The Morgan fingerprint density at radius 1 is 1.11 bits per heavy atom. The highest BCUT2D eigenvalue weighted by atomic mass is 16.5. The summed E-state index contributed by atoms with van der Waals surface area (Å²) in [7, 11) is 1.57. The second kappa shape index (κ2) is 8.12. The molecule has 6 heteroatoms. The van der Waals surface area contributed by atoms with E-state index in [-0.39, 0.29) is 11.8 Å². The summed E-state index contributed by atoms with van der Waals surface area (Å²) in [6.45, 7) is 4.49. The van der Waals surface area contributed by atoms with Crippen LogP contribution in [0.15, 0.2) is 48.5 Å². The average molecular weight is 367 g/mol. The van der Waals surface area contributed by atoms with Gasteiger partial charge in [-0.25, -0.2) is 4.79 Å². The van der Waals surface area contributed by atoms with Crippen molar-refractivity contribution in [3.05, 3.63) is 54.1 Å². The summed E-state index contributed by atoms with van der Waals surface area (Å²) in [5, 5.41) is 5.59. The number of rotatable bonds is 5. The maximum Gasteiger partial charge on any atom is 0.319 e. The fraction of sp³-hybridized carbons (Fsp3) is 0.333. The van der Waals surface area contributed by atoms with Crippen molar-refractivity contribution in [2.75, 3.05) is 23.9 Å². The van der Waals surface area contributed by atoms with Crippen LogP contribution in [0.4, 0.5) is 16.2 Å². The van der Waals surface area contributed by atoms with E-state index >= 15 is 0 Å². The van der Waals surface area contributed by atoms with Gasteiger partial charge in [0.15, 0.2) is 0 Å². The highest BCUT2D eigenvalue weighted by Gasteiger charge is 2.32. The van der Waals surface area contributed by atoms with E-state index in [2.05, 4.69) is 10.6 Å². The van der Waals surface area contributed by atoms with E-state index in [0.717, 1.165) is 17.7 Å². The van der Waals surface area contributed by atoms with Crippen LogP contribution in [0.1, 0.15) is 19.4 Å². The summed E-state index contributed by atoms with van der Waals surface area (Å²) in [6.07, 6.45) is 0.836. The Kier molecular flexibility index (Phi) is 5.64. The number of urea groups is 1. The van der Waals surface area contributed by atoms with Crippen molar-refractivity contribution >= 4 is 23.3 Å².